The highest BCUT2D eigenvalue weighted by Gasteiger charge is 2.41. The molecule has 1 aliphatic heterocycles. The molecular formula is C16H25N3O. The molecule has 110 valence electrons. The molecular weight excluding hydrogens is 250 g/mol. The van der Waals surface area contributed by atoms with Crippen molar-refractivity contribution in [3.63, 3.8) is 0 Å². The molecule has 1 saturated heterocycles. The highest BCUT2D eigenvalue weighted by atomic mass is 16.5. The van der Waals surface area contributed by atoms with Gasteiger partial charge < -0.3 is 4.74 Å². The van der Waals surface area contributed by atoms with E-state index in [1.807, 2.05) is 12.4 Å². The second-order valence-corrected chi connectivity index (χ2v) is 6.32. The molecule has 1 spiro atoms. The van der Waals surface area contributed by atoms with Gasteiger partial charge in [0.25, 0.3) is 0 Å². The Hall–Kier alpha value is -0.970. The summed E-state index contributed by atoms with van der Waals surface area (Å²) in [6.07, 6.45) is 12.0. The number of hydrogen-bond acceptors (Lipinski definition) is 4. The van der Waals surface area contributed by atoms with Crippen molar-refractivity contribution in [3.8, 4) is 0 Å². The Labute approximate surface area is 121 Å². The highest BCUT2D eigenvalue weighted by molar-refractivity contribution is 5.12. The van der Waals surface area contributed by atoms with Crippen molar-refractivity contribution in [1.29, 1.82) is 0 Å². The summed E-state index contributed by atoms with van der Waals surface area (Å²) in [4.78, 5) is 4.08. The molecule has 1 aliphatic carbocycles. The summed E-state index contributed by atoms with van der Waals surface area (Å²) >= 11 is 0. The van der Waals surface area contributed by atoms with Crippen LogP contribution in [0.4, 0.5) is 0 Å². The van der Waals surface area contributed by atoms with E-state index in [9.17, 15) is 0 Å². The molecule has 2 atom stereocenters. The van der Waals surface area contributed by atoms with E-state index in [-0.39, 0.29) is 5.60 Å². The molecule has 3 rings (SSSR count). The molecule has 3 N–H and O–H groups in total. The van der Waals surface area contributed by atoms with E-state index < -0.39 is 0 Å². The minimum atomic E-state index is 0.163. The predicted octanol–water partition coefficient (Wildman–Crippen LogP) is 2.20. The zero-order valence-electron chi connectivity index (χ0n) is 12.1. The first-order valence-electron chi connectivity index (χ1n) is 7.80. The van der Waals surface area contributed by atoms with Crippen LogP contribution >= 0.6 is 0 Å². The third-order valence-electron chi connectivity index (χ3n) is 5.03. The first-order valence-corrected chi connectivity index (χ1v) is 7.80. The van der Waals surface area contributed by atoms with Crippen LogP contribution in [-0.4, -0.2) is 23.2 Å². The van der Waals surface area contributed by atoms with E-state index in [1.165, 1.54) is 31.2 Å². The normalized spacial score (nSPS) is 26.8. The molecule has 4 heteroatoms. The smallest absolute Gasteiger partial charge is 0.0685 e. The standard InChI is InChI=1S/C16H25N3O/c17-19-15(11-13-3-8-18-9-4-13)14-5-10-20-16(12-14)6-1-2-7-16/h3-4,8-9,14-15,19H,1-2,5-7,10-12,17H2. The van der Waals surface area contributed by atoms with Crippen LogP contribution < -0.4 is 11.3 Å². The number of nitrogens with one attached hydrogen (secondary N) is 1. The molecule has 2 heterocycles. The number of nitrogens with zero attached hydrogens (tertiary/aromatic N) is 1. The number of pyridine rings is 1. The van der Waals surface area contributed by atoms with E-state index in [2.05, 4.69) is 22.5 Å². The van der Waals surface area contributed by atoms with Crippen LogP contribution in [-0.2, 0) is 11.2 Å². The number of rotatable bonds is 4. The SMILES string of the molecule is NNC(Cc1ccncc1)C1CCOC2(CCCC2)C1. The third-order valence-corrected chi connectivity index (χ3v) is 5.03. The molecule has 2 unspecified atom stereocenters. The summed E-state index contributed by atoms with van der Waals surface area (Å²) in [5.41, 5.74) is 4.51. The number of aromatic nitrogens is 1. The fourth-order valence-corrected chi connectivity index (χ4v) is 3.91. The van der Waals surface area contributed by atoms with Crippen LogP contribution in [0.15, 0.2) is 24.5 Å². The largest absolute Gasteiger partial charge is 0.375 e. The molecule has 0 bridgehead atoms. The minimum Gasteiger partial charge on any atom is -0.375 e. The zero-order valence-corrected chi connectivity index (χ0v) is 12.1. The van der Waals surface area contributed by atoms with Crippen LogP contribution in [0.25, 0.3) is 0 Å². The molecule has 2 fully saturated rings. The van der Waals surface area contributed by atoms with Crippen molar-refractivity contribution in [2.75, 3.05) is 6.61 Å². The summed E-state index contributed by atoms with van der Waals surface area (Å²) in [6.45, 7) is 0.888. The Bertz CT molecular complexity index is 417. The maximum absolute atomic E-state index is 6.12. The van der Waals surface area contributed by atoms with Gasteiger partial charge in [0.2, 0.25) is 0 Å². The Kier molecular flexibility index (Phi) is 4.34. The monoisotopic (exact) mass is 275 g/mol. The molecule has 1 aromatic rings. The van der Waals surface area contributed by atoms with Gasteiger partial charge in [-0.1, -0.05) is 12.8 Å². The second kappa shape index (κ2) is 6.20. The Morgan fingerprint density at radius 3 is 2.80 bits per heavy atom. The van der Waals surface area contributed by atoms with Gasteiger partial charge in [-0.3, -0.25) is 16.3 Å². The van der Waals surface area contributed by atoms with Gasteiger partial charge in [0.15, 0.2) is 0 Å². The summed E-state index contributed by atoms with van der Waals surface area (Å²) in [5, 5.41) is 0. The van der Waals surface area contributed by atoms with E-state index in [0.29, 0.717) is 12.0 Å². The highest BCUT2D eigenvalue weighted by Crippen LogP contribution is 2.43. The van der Waals surface area contributed by atoms with Gasteiger partial charge in [-0.15, -0.1) is 0 Å². The average molecular weight is 275 g/mol. The lowest BCUT2D eigenvalue weighted by Gasteiger charge is -2.41. The lowest BCUT2D eigenvalue weighted by atomic mass is 9.79. The van der Waals surface area contributed by atoms with Crippen LogP contribution in [0.1, 0.15) is 44.1 Å². The molecule has 1 saturated carbocycles. The molecule has 0 aromatic carbocycles. The average Bonchev–Trinajstić information content (AvgIpc) is 2.93. The Morgan fingerprint density at radius 1 is 1.35 bits per heavy atom. The second-order valence-electron chi connectivity index (χ2n) is 6.32. The minimum absolute atomic E-state index is 0.163. The third kappa shape index (κ3) is 3.03. The lowest BCUT2D eigenvalue weighted by Crippen LogP contribution is -2.48. The quantitative estimate of drug-likeness (QED) is 0.653. The van der Waals surface area contributed by atoms with Gasteiger partial charge in [-0.05, 0) is 55.7 Å². The predicted molar refractivity (Wildman–Crippen MR) is 78.9 cm³/mol. The maximum Gasteiger partial charge on any atom is 0.0685 e. The fraction of sp³-hybridized carbons (Fsp3) is 0.688. The van der Waals surface area contributed by atoms with E-state index >= 15 is 0 Å². The number of ether oxygens (including phenoxy) is 1. The summed E-state index contributed by atoms with van der Waals surface area (Å²) in [7, 11) is 0. The number of hydrogen-bond donors (Lipinski definition) is 2. The van der Waals surface area contributed by atoms with Crippen molar-refractivity contribution < 1.29 is 4.74 Å². The van der Waals surface area contributed by atoms with Crippen molar-refractivity contribution in [1.82, 2.24) is 10.4 Å². The Balaban J connectivity index is 1.66. The van der Waals surface area contributed by atoms with E-state index in [4.69, 9.17) is 10.6 Å². The molecule has 2 aliphatic rings. The summed E-state index contributed by atoms with van der Waals surface area (Å²) < 4.78 is 6.12. The van der Waals surface area contributed by atoms with Crippen molar-refractivity contribution >= 4 is 0 Å². The number of nitrogens with two attached hydrogens (primary N) is 1. The van der Waals surface area contributed by atoms with Gasteiger partial charge in [0.05, 0.1) is 5.60 Å². The lowest BCUT2D eigenvalue weighted by molar-refractivity contribution is -0.0978. The van der Waals surface area contributed by atoms with Crippen LogP contribution in [0.3, 0.4) is 0 Å². The van der Waals surface area contributed by atoms with Crippen molar-refractivity contribution in [3.05, 3.63) is 30.1 Å². The first kappa shape index (κ1) is 14.0. The maximum atomic E-state index is 6.12. The topological polar surface area (TPSA) is 60.2 Å². The van der Waals surface area contributed by atoms with E-state index in [0.717, 1.165) is 25.9 Å². The van der Waals surface area contributed by atoms with Gasteiger partial charge in [0, 0.05) is 25.0 Å². The molecule has 4 nitrogen and oxygen atoms in total. The van der Waals surface area contributed by atoms with E-state index in [1.54, 1.807) is 0 Å². The molecule has 20 heavy (non-hydrogen) atoms. The van der Waals surface area contributed by atoms with Gasteiger partial charge in [-0.25, -0.2) is 0 Å². The fourth-order valence-electron chi connectivity index (χ4n) is 3.91. The van der Waals surface area contributed by atoms with Crippen molar-refractivity contribution in [2.24, 2.45) is 11.8 Å². The summed E-state index contributed by atoms with van der Waals surface area (Å²) in [5.74, 6) is 6.44. The molecule has 1 aromatic heterocycles. The van der Waals surface area contributed by atoms with Crippen molar-refractivity contribution in [2.45, 2.75) is 56.6 Å². The summed E-state index contributed by atoms with van der Waals surface area (Å²) in [6, 6.07) is 4.49. The van der Waals surface area contributed by atoms with Gasteiger partial charge in [-0.2, -0.15) is 0 Å². The van der Waals surface area contributed by atoms with Gasteiger partial charge in [0.1, 0.15) is 0 Å². The molecule has 0 radical (unpaired) electrons. The van der Waals surface area contributed by atoms with Crippen LogP contribution in [0.2, 0.25) is 0 Å². The first-order chi connectivity index (χ1) is 9.81. The van der Waals surface area contributed by atoms with Crippen LogP contribution in [0, 0.1) is 5.92 Å². The van der Waals surface area contributed by atoms with Crippen LogP contribution in [0.5, 0.6) is 0 Å². The zero-order chi connectivity index (χ0) is 13.8. The molecule has 0 amide bonds. The number of hydrazine groups is 1. The Morgan fingerprint density at radius 2 is 2.10 bits per heavy atom. The van der Waals surface area contributed by atoms with Gasteiger partial charge >= 0.3 is 0 Å².